The van der Waals surface area contributed by atoms with E-state index in [4.69, 9.17) is 5.11 Å². The molecule has 0 aromatic carbocycles. The highest BCUT2D eigenvalue weighted by atomic mass is 16.6. The molecule has 102 valence electrons. The van der Waals surface area contributed by atoms with E-state index in [1.54, 1.807) is 4.90 Å². The third-order valence-electron chi connectivity index (χ3n) is 3.13. The van der Waals surface area contributed by atoms with Crippen LogP contribution in [-0.4, -0.2) is 39.1 Å². The molecular formula is C11H14N4O4. The van der Waals surface area contributed by atoms with Gasteiger partial charge in [0.2, 0.25) is 5.95 Å². The van der Waals surface area contributed by atoms with Gasteiger partial charge in [-0.1, -0.05) is 6.92 Å². The molecular weight excluding hydrogens is 252 g/mol. The van der Waals surface area contributed by atoms with Gasteiger partial charge >= 0.3 is 11.7 Å². The van der Waals surface area contributed by atoms with E-state index in [0.717, 1.165) is 12.4 Å². The van der Waals surface area contributed by atoms with Crippen molar-refractivity contribution in [3.63, 3.8) is 0 Å². The molecule has 1 aliphatic rings. The second-order valence-corrected chi connectivity index (χ2v) is 4.78. The number of hydrogen-bond acceptors (Lipinski definition) is 6. The Bertz CT molecular complexity index is 490. The van der Waals surface area contributed by atoms with Gasteiger partial charge in [0, 0.05) is 13.1 Å². The number of hydrogen-bond donors (Lipinski definition) is 1. The number of piperidine rings is 1. The smallest absolute Gasteiger partial charge is 0.308 e. The largest absolute Gasteiger partial charge is 0.481 e. The second kappa shape index (κ2) is 5.17. The summed E-state index contributed by atoms with van der Waals surface area (Å²) in [6, 6.07) is 0. The summed E-state index contributed by atoms with van der Waals surface area (Å²) in [6.45, 7) is 2.95. The maximum absolute atomic E-state index is 11.1. The number of carboxylic acid groups (broad SMARTS) is 1. The molecule has 0 bridgehead atoms. The first kappa shape index (κ1) is 13.2. The van der Waals surface area contributed by atoms with Crippen LogP contribution < -0.4 is 4.90 Å². The molecule has 8 nitrogen and oxygen atoms in total. The molecule has 8 heteroatoms. The molecule has 0 aliphatic carbocycles. The standard InChI is InChI=1S/C11H14N4O4/c1-7-2-8(10(16)17)6-14(5-7)11-12-3-9(4-13-11)15(18)19/h3-4,7-8H,2,5-6H2,1H3,(H,16,17). The maximum Gasteiger partial charge on any atom is 0.308 e. The molecule has 1 aliphatic heterocycles. The number of carboxylic acids is 1. The summed E-state index contributed by atoms with van der Waals surface area (Å²) in [5, 5.41) is 19.6. The van der Waals surface area contributed by atoms with E-state index in [-0.39, 0.29) is 11.6 Å². The molecule has 0 saturated carbocycles. The molecule has 0 spiro atoms. The van der Waals surface area contributed by atoms with E-state index in [1.165, 1.54) is 0 Å². The van der Waals surface area contributed by atoms with Crippen molar-refractivity contribution in [2.24, 2.45) is 11.8 Å². The molecule has 2 atom stereocenters. The molecule has 1 saturated heterocycles. The molecule has 2 rings (SSSR count). The number of nitro groups is 1. The number of aliphatic carboxylic acids is 1. The number of rotatable bonds is 3. The van der Waals surface area contributed by atoms with Gasteiger partial charge in [-0.05, 0) is 12.3 Å². The predicted molar refractivity (Wildman–Crippen MR) is 65.8 cm³/mol. The molecule has 0 radical (unpaired) electrons. The Morgan fingerprint density at radius 2 is 2.11 bits per heavy atom. The highest BCUT2D eigenvalue weighted by molar-refractivity contribution is 5.71. The van der Waals surface area contributed by atoms with Crippen molar-refractivity contribution in [1.29, 1.82) is 0 Å². The minimum Gasteiger partial charge on any atom is -0.481 e. The molecule has 1 fully saturated rings. The number of anilines is 1. The molecule has 1 aromatic heterocycles. The zero-order chi connectivity index (χ0) is 14.0. The van der Waals surface area contributed by atoms with E-state index in [1.807, 2.05) is 6.92 Å². The van der Waals surface area contributed by atoms with Gasteiger partial charge in [0.1, 0.15) is 12.4 Å². The SMILES string of the molecule is CC1CC(C(=O)O)CN(c2ncc([N+](=O)[O-])cn2)C1. The lowest BCUT2D eigenvalue weighted by Crippen LogP contribution is -2.43. The summed E-state index contributed by atoms with van der Waals surface area (Å²) < 4.78 is 0. The van der Waals surface area contributed by atoms with Crippen LogP contribution in [0.4, 0.5) is 11.6 Å². The summed E-state index contributed by atoms with van der Waals surface area (Å²) in [6.07, 6.45) is 2.90. The Morgan fingerprint density at radius 1 is 1.47 bits per heavy atom. The molecule has 0 amide bonds. The topological polar surface area (TPSA) is 109 Å². The normalized spacial score (nSPS) is 23.1. The molecule has 19 heavy (non-hydrogen) atoms. The number of aromatic nitrogens is 2. The lowest BCUT2D eigenvalue weighted by atomic mass is 9.91. The van der Waals surface area contributed by atoms with Crippen molar-refractivity contribution in [2.45, 2.75) is 13.3 Å². The molecule has 2 heterocycles. The third kappa shape index (κ3) is 2.95. The Labute approximate surface area is 109 Å². The summed E-state index contributed by atoms with van der Waals surface area (Å²) >= 11 is 0. The number of nitrogens with zero attached hydrogens (tertiary/aromatic N) is 4. The van der Waals surface area contributed by atoms with Crippen molar-refractivity contribution >= 4 is 17.6 Å². The maximum atomic E-state index is 11.1. The van der Waals surface area contributed by atoms with Gasteiger partial charge in [-0.15, -0.1) is 0 Å². The van der Waals surface area contributed by atoms with Gasteiger partial charge in [0.25, 0.3) is 0 Å². The minimum absolute atomic E-state index is 0.177. The second-order valence-electron chi connectivity index (χ2n) is 4.78. The van der Waals surface area contributed by atoms with Gasteiger partial charge in [0.05, 0.1) is 10.8 Å². The van der Waals surface area contributed by atoms with E-state index >= 15 is 0 Å². The van der Waals surface area contributed by atoms with Crippen molar-refractivity contribution in [1.82, 2.24) is 9.97 Å². The Hall–Kier alpha value is -2.25. The van der Waals surface area contributed by atoms with Gasteiger partial charge in [-0.25, -0.2) is 9.97 Å². The van der Waals surface area contributed by atoms with E-state index in [2.05, 4.69) is 9.97 Å². The highest BCUT2D eigenvalue weighted by Gasteiger charge is 2.30. The molecule has 1 N–H and O–H groups in total. The van der Waals surface area contributed by atoms with Crippen LogP contribution in [0.25, 0.3) is 0 Å². The molecule has 2 unspecified atom stereocenters. The van der Waals surface area contributed by atoms with Crippen LogP contribution in [0.3, 0.4) is 0 Å². The summed E-state index contributed by atoms with van der Waals surface area (Å²) in [7, 11) is 0. The zero-order valence-electron chi connectivity index (χ0n) is 10.4. The van der Waals surface area contributed by atoms with Crippen LogP contribution in [-0.2, 0) is 4.79 Å². The van der Waals surface area contributed by atoms with E-state index in [0.29, 0.717) is 25.5 Å². The molecule has 1 aromatic rings. The van der Waals surface area contributed by atoms with Crippen molar-refractivity contribution in [3.8, 4) is 0 Å². The predicted octanol–water partition coefficient (Wildman–Crippen LogP) is 0.932. The first-order valence-corrected chi connectivity index (χ1v) is 5.91. The van der Waals surface area contributed by atoms with Crippen LogP contribution in [0.1, 0.15) is 13.3 Å². The number of carbonyl (C=O) groups is 1. The highest BCUT2D eigenvalue weighted by Crippen LogP contribution is 2.24. The van der Waals surface area contributed by atoms with Gasteiger partial charge in [-0.3, -0.25) is 14.9 Å². The fourth-order valence-corrected chi connectivity index (χ4v) is 2.27. The van der Waals surface area contributed by atoms with Gasteiger partial charge in [-0.2, -0.15) is 0 Å². The third-order valence-corrected chi connectivity index (χ3v) is 3.13. The summed E-state index contributed by atoms with van der Waals surface area (Å²) in [5.41, 5.74) is -0.177. The average molecular weight is 266 g/mol. The first-order chi connectivity index (χ1) is 8.97. The van der Waals surface area contributed by atoms with Crippen molar-refractivity contribution < 1.29 is 14.8 Å². The van der Waals surface area contributed by atoms with Crippen molar-refractivity contribution in [2.75, 3.05) is 18.0 Å². The van der Waals surface area contributed by atoms with E-state index in [9.17, 15) is 14.9 Å². The van der Waals surface area contributed by atoms with Gasteiger partial charge in [0.15, 0.2) is 0 Å². The van der Waals surface area contributed by atoms with Crippen molar-refractivity contribution in [3.05, 3.63) is 22.5 Å². The fourth-order valence-electron chi connectivity index (χ4n) is 2.27. The Morgan fingerprint density at radius 3 is 2.63 bits per heavy atom. The zero-order valence-corrected chi connectivity index (χ0v) is 10.4. The lowest BCUT2D eigenvalue weighted by molar-refractivity contribution is -0.385. The minimum atomic E-state index is -0.835. The quantitative estimate of drug-likeness (QED) is 0.640. The monoisotopic (exact) mass is 266 g/mol. The van der Waals surface area contributed by atoms with Crippen LogP contribution in [0, 0.1) is 22.0 Å². The summed E-state index contributed by atoms with van der Waals surface area (Å²) in [4.78, 5) is 30.6. The van der Waals surface area contributed by atoms with E-state index < -0.39 is 16.8 Å². The fraction of sp³-hybridized carbons (Fsp3) is 0.545. The lowest BCUT2D eigenvalue weighted by Gasteiger charge is -2.34. The van der Waals surface area contributed by atoms with Gasteiger partial charge < -0.3 is 10.0 Å². The van der Waals surface area contributed by atoms with Crippen LogP contribution >= 0.6 is 0 Å². The average Bonchev–Trinajstić information content (AvgIpc) is 2.38. The Balaban J connectivity index is 2.16. The first-order valence-electron chi connectivity index (χ1n) is 5.91. The van der Waals surface area contributed by atoms with Crippen LogP contribution in [0.15, 0.2) is 12.4 Å². The van der Waals surface area contributed by atoms with Crippen LogP contribution in [0.5, 0.6) is 0 Å². The van der Waals surface area contributed by atoms with Crippen LogP contribution in [0.2, 0.25) is 0 Å². The Kier molecular flexibility index (Phi) is 3.59. The summed E-state index contributed by atoms with van der Waals surface area (Å²) in [5.74, 6) is -0.738.